The Morgan fingerprint density at radius 1 is 1.43 bits per heavy atom. The summed E-state index contributed by atoms with van der Waals surface area (Å²) in [6, 6.07) is 7.79. The molecule has 0 radical (unpaired) electrons. The maximum Gasteiger partial charge on any atom is 0.193 e. The van der Waals surface area contributed by atoms with Crippen molar-refractivity contribution in [2.75, 3.05) is 12.4 Å². The fourth-order valence-corrected chi connectivity index (χ4v) is 1.72. The number of ether oxygens (including phenoxy) is 1. The van der Waals surface area contributed by atoms with Crippen LogP contribution in [0.4, 0.5) is 5.69 Å². The maximum absolute atomic E-state index is 5.89. The lowest BCUT2D eigenvalue weighted by Gasteiger charge is -2.10. The van der Waals surface area contributed by atoms with E-state index in [1.54, 1.807) is 18.0 Å². The highest BCUT2D eigenvalue weighted by Gasteiger charge is 2.03. The number of nitrogens with one attached hydrogen (secondary N) is 1. The van der Waals surface area contributed by atoms with Crippen molar-refractivity contribution >= 4 is 35.6 Å². The molecule has 0 aliphatic carbocycles. The first-order valence-corrected chi connectivity index (χ1v) is 6.18. The summed E-state index contributed by atoms with van der Waals surface area (Å²) in [7, 11) is 3.47. The topological polar surface area (TPSA) is 90.3 Å². The van der Waals surface area contributed by atoms with Crippen LogP contribution in [-0.2, 0) is 24.9 Å². The fourth-order valence-electron chi connectivity index (χ4n) is 1.72. The van der Waals surface area contributed by atoms with Gasteiger partial charge in [0.25, 0.3) is 0 Å². The second kappa shape index (κ2) is 8.57. The van der Waals surface area contributed by atoms with Crippen LogP contribution in [0.15, 0.2) is 35.5 Å². The lowest BCUT2D eigenvalue weighted by Crippen LogP contribution is -2.23. The maximum atomic E-state index is 5.89. The van der Waals surface area contributed by atoms with E-state index >= 15 is 0 Å². The molecule has 0 atom stereocenters. The van der Waals surface area contributed by atoms with E-state index in [1.165, 1.54) is 0 Å². The zero-order valence-corrected chi connectivity index (χ0v) is 14.3. The minimum Gasteiger partial charge on any atom is -0.380 e. The van der Waals surface area contributed by atoms with Crippen molar-refractivity contribution in [3.8, 4) is 0 Å². The quantitative estimate of drug-likeness (QED) is 0.450. The van der Waals surface area contributed by atoms with Crippen LogP contribution in [0.1, 0.15) is 11.3 Å². The van der Waals surface area contributed by atoms with E-state index in [0.717, 1.165) is 16.9 Å². The van der Waals surface area contributed by atoms with Gasteiger partial charge in [-0.15, -0.1) is 29.1 Å². The number of nitrogens with zero attached hydrogens (tertiary/aromatic N) is 4. The molecule has 0 amide bonds. The van der Waals surface area contributed by atoms with Gasteiger partial charge < -0.3 is 15.8 Å². The van der Waals surface area contributed by atoms with Gasteiger partial charge in [-0.1, -0.05) is 23.4 Å². The molecule has 2 rings (SSSR count). The standard InChI is InChI=1S/C13H18N6O.HI/c1-19-11(8-16-18-19)7-15-13(14)17-12-6-4-3-5-10(12)9-20-2;/h3-6,8H,7,9H2,1-2H3,(H3,14,15,17);1H. The van der Waals surface area contributed by atoms with Crippen molar-refractivity contribution in [1.29, 1.82) is 0 Å². The minimum absolute atomic E-state index is 0. The van der Waals surface area contributed by atoms with Gasteiger partial charge in [-0.05, 0) is 6.07 Å². The summed E-state index contributed by atoms with van der Waals surface area (Å²) in [5.41, 5.74) is 8.69. The number of anilines is 1. The van der Waals surface area contributed by atoms with Gasteiger partial charge >= 0.3 is 0 Å². The number of aromatic nitrogens is 3. The number of aryl methyl sites for hydroxylation is 1. The van der Waals surface area contributed by atoms with Crippen LogP contribution in [0.2, 0.25) is 0 Å². The van der Waals surface area contributed by atoms with E-state index < -0.39 is 0 Å². The largest absolute Gasteiger partial charge is 0.380 e. The molecule has 1 aromatic heterocycles. The molecule has 3 N–H and O–H groups in total. The Bertz CT molecular complexity index is 598. The van der Waals surface area contributed by atoms with E-state index in [9.17, 15) is 0 Å². The Labute approximate surface area is 140 Å². The first-order chi connectivity index (χ1) is 9.70. The molecule has 1 heterocycles. The monoisotopic (exact) mass is 402 g/mol. The fraction of sp³-hybridized carbons (Fsp3) is 0.308. The lowest BCUT2D eigenvalue weighted by molar-refractivity contribution is 0.185. The van der Waals surface area contributed by atoms with E-state index in [1.807, 2.05) is 31.3 Å². The molecule has 0 aliphatic rings. The zero-order chi connectivity index (χ0) is 14.4. The highest BCUT2D eigenvalue weighted by Crippen LogP contribution is 2.15. The molecule has 2 aromatic rings. The van der Waals surface area contributed by atoms with Crippen LogP contribution in [0, 0.1) is 0 Å². The predicted molar refractivity (Wildman–Crippen MR) is 92.5 cm³/mol. The average Bonchev–Trinajstić information content (AvgIpc) is 2.84. The molecular weight excluding hydrogens is 383 g/mol. The minimum atomic E-state index is 0. The third-order valence-electron chi connectivity index (χ3n) is 2.80. The number of guanidine groups is 1. The molecule has 0 aliphatic heterocycles. The van der Waals surface area contributed by atoms with Crippen molar-refractivity contribution in [3.05, 3.63) is 41.7 Å². The number of nitrogens with two attached hydrogens (primary N) is 1. The SMILES string of the molecule is COCc1ccccc1NC(N)=NCc1cnnn1C.I. The summed E-state index contributed by atoms with van der Waals surface area (Å²) in [5, 5.41) is 10.7. The lowest BCUT2D eigenvalue weighted by atomic mass is 10.2. The number of hydrogen-bond donors (Lipinski definition) is 2. The molecular formula is C13H19IN6O. The third kappa shape index (κ3) is 4.97. The molecule has 0 saturated carbocycles. The van der Waals surface area contributed by atoms with Gasteiger partial charge in [-0.2, -0.15) is 0 Å². The third-order valence-corrected chi connectivity index (χ3v) is 2.80. The van der Waals surface area contributed by atoms with Gasteiger partial charge in [-0.25, -0.2) is 4.99 Å². The molecule has 8 heteroatoms. The van der Waals surface area contributed by atoms with Crippen LogP contribution in [0.5, 0.6) is 0 Å². The van der Waals surface area contributed by atoms with Crippen LogP contribution in [0.3, 0.4) is 0 Å². The Hall–Kier alpha value is -1.68. The van der Waals surface area contributed by atoms with E-state index in [2.05, 4.69) is 20.6 Å². The van der Waals surface area contributed by atoms with Gasteiger partial charge in [0.2, 0.25) is 0 Å². The van der Waals surface area contributed by atoms with Crippen molar-refractivity contribution in [1.82, 2.24) is 15.0 Å². The molecule has 114 valence electrons. The van der Waals surface area contributed by atoms with Crippen molar-refractivity contribution in [3.63, 3.8) is 0 Å². The summed E-state index contributed by atoms with van der Waals surface area (Å²) < 4.78 is 6.81. The predicted octanol–water partition coefficient (Wildman–Crippen LogP) is 1.51. The summed E-state index contributed by atoms with van der Waals surface area (Å²) in [6.45, 7) is 0.941. The van der Waals surface area contributed by atoms with Gasteiger partial charge in [0.05, 0.1) is 25.0 Å². The van der Waals surface area contributed by atoms with E-state index in [4.69, 9.17) is 10.5 Å². The molecule has 0 saturated heterocycles. The Morgan fingerprint density at radius 2 is 2.19 bits per heavy atom. The second-order valence-electron chi connectivity index (χ2n) is 4.27. The number of rotatable bonds is 5. The molecule has 0 bridgehead atoms. The Balaban J connectivity index is 0.00000220. The van der Waals surface area contributed by atoms with Crippen molar-refractivity contribution in [2.45, 2.75) is 13.2 Å². The number of methoxy groups -OCH3 is 1. The molecule has 0 fully saturated rings. The van der Waals surface area contributed by atoms with Gasteiger partial charge in [0.1, 0.15) is 0 Å². The number of hydrogen-bond acceptors (Lipinski definition) is 4. The molecule has 1 aromatic carbocycles. The number of para-hydroxylation sites is 1. The van der Waals surface area contributed by atoms with E-state index in [-0.39, 0.29) is 24.0 Å². The van der Waals surface area contributed by atoms with Crippen molar-refractivity contribution < 1.29 is 4.74 Å². The summed E-state index contributed by atoms with van der Waals surface area (Å²) in [4.78, 5) is 4.27. The molecule has 0 spiro atoms. The average molecular weight is 402 g/mol. The normalized spacial score (nSPS) is 11.0. The number of benzene rings is 1. The van der Waals surface area contributed by atoms with Gasteiger partial charge in [-0.3, -0.25) is 4.68 Å². The first kappa shape index (κ1) is 17.4. The molecule has 0 unspecified atom stereocenters. The number of aliphatic imine (C=N–C) groups is 1. The summed E-state index contributed by atoms with van der Waals surface area (Å²) >= 11 is 0. The van der Waals surface area contributed by atoms with Gasteiger partial charge in [0, 0.05) is 25.4 Å². The highest BCUT2D eigenvalue weighted by atomic mass is 127. The second-order valence-corrected chi connectivity index (χ2v) is 4.27. The summed E-state index contributed by atoms with van der Waals surface area (Å²) in [6.07, 6.45) is 1.66. The summed E-state index contributed by atoms with van der Waals surface area (Å²) in [5.74, 6) is 0.342. The van der Waals surface area contributed by atoms with E-state index in [0.29, 0.717) is 19.1 Å². The van der Waals surface area contributed by atoms with Crippen LogP contribution in [-0.4, -0.2) is 28.1 Å². The van der Waals surface area contributed by atoms with Crippen LogP contribution in [0.25, 0.3) is 0 Å². The van der Waals surface area contributed by atoms with Gasteiger partial charge in [0.15, 0.2) is 5.96 Å². The zero-order valence-electron chi connectivity index (χ0n) is 12.0. The Kier molecular flexibility index (Phi) is 7.09. The molecule has 21 heavy (non-hydrogen) atoms. The smallest absolute Gasteiger partial charge is 0.193 e. The van der Waals surface area contributed by atoms with Crippen LogP contribution < -0.4 is 11.1 Å². The number of halogens is 1. The van der Waals surface area contributed by atoms with Crippen LogP contribution >= 0.6 is 24.0 Å². The first-order valence-electron chi connectivity index (χ1n) is 6.18. The van der Waals surface area contributed by atoms with Crippen molar-refractivity contribution in [2.24, 2.45) is 17.8 Å². The molecule has 7 nitrogen and oxygen atoms in total. The Morgan fingerprint density at radius 3 is 2.86 bits per heavy atom. The highest BCUT2D eigenvalue weighted by molar-refractivity contribution is 14.0.